The number of nitrogens with one attached hydrogen (secondary N) is 2. The molecule has 0 radical (unpaired) electrons. The number of alkyl carbamates (subject to hydrolysis) is 1. The van der Waals surface area contributed by atoms with E-state index >= 15 is 0 Å². The molecule has 8 heteroatoms. The highest BCUT2D eigenvalue weighted by molar-refractivity contribution is 6.05. The summed E-state index contributed by atoms with van der Waals surface area (Å²) in [4.78, 5) is 44.7. The van der Waals surface area contributed by atoms with Gasteiger partial charge in [0.2, 0.25) is 5.91 Å². The molecule has 1 rings (SSSR count). The van der Waals surface area contributed by atoms with Crippen LogP contribution in [-0.4, -0.2) is 42.1 Å². The summed E-state index contributed by atoms with van der Waals surface area (Å²) in [5, 5.41) is 4.41. The summed E-state index contributed by atoms with van der Waals surface area (Å²) in [6.45, 7) is 5.18. The van der Waals surface area contributed by atoms with E-state index in [2.05, 4.69) is 5.32 Å². The molecule has 1 aliphatic heterocycles. The molecule has 0 aliphatic carbocycles. The predicted molar refractivity (Wildman–Crippen MR) is 66.5 cm³/mol. The van der Waals surface area contributed by atoms with E-state index < -0.39 is 35.6 Å². The van der Waals surface area contributed by atoms with E-state index in [0.717, 1.165) is 0 Å². The molecule has 0 aromatic heterocycles. The highest BCUT2D eigenvalue weighted by atomic mass is 16.6. The van der Waals surface area contributed by atoms with Gasteiger partial charge in [0.15, 0.2) is 6.10 Å². The van der Waals surface area contributed by atoms with Crippen LogP contribution in [0.15, 0.2) is 0 Å². The number of amides is 3. The van der Waals surface area contributed by atoms with Crippen molar-refractivity contribution in [3.63, 3.8) is 0 Å². The Morgan fingerprint density at radius 3 is 2.50 bits per heavy atom. The molecule has 20 heavy (non-hydrogen) atoms. The molecule has 0 aromatic carbocycles. The molecule has 1 saturated heterocycles. The number of esters is 1. The molecule has 3 amide bonds. The zero-order valence-electron chi connectivity index (χ0n) is 11.6. The van der Waals surface area contributed by atoms with Gasteiger partial charge >= 0.3 is 12.1 Å². The van der Waals surface area contributed by atoms with Gasteiger partial charge in [-0.05, 0) is 20.8 Å². The van der Waals surface area contributed by atoms with Crippen LogP contribution in [0.1, 0.15) is 33.6 Å². The normalized spacial score (nSPS) is 18.4. The fourth-order valence-electron chi connectivity index (χ4n) is 1.42. The van der Waals surface area contributed by atoms with Crippen LogP contribution in [0.4, 0.5) is 4.79 Å². The predicted octanol–water partition coefficient (Wildman–Crippen LogP) is -0.141. The Morgan fingerprint density at radius 1 is 1.35 bits per heavy atom. The summed E-state index contributed by atoms with van der Waals surface area (Å²) >= 11 is 0. The van der Waals surface area contributed by atoms with Crippen molar-refractivity contribution in [2.45, 2.75) is 45.3 Å². The second-order valence-corrected chi connectivity index (χ2v) is 5.27. The summed E-state index contributed by atoms with van der Waals surface area (Å²) in [6, 6.07) is 0. The Hall–Kier alpha value is -2.12. The maximum atomic E-state index is 11.4. The Balaban J connectivity index is 2.22. The molecule has 1 aliphatic rings. The van der Waals surface area contributed by atoms with Gasteiger partial charge in [-0.15, -0.1) is 0 Å². The lowest BCUT2D eigenvalue weighted by atomic mass is 10.2. The molecule has 1 heterocycles. The molecule has 0 spiro atoms. The van der Waals surface area contributed by atoms with Crippen molar-refractivity contribution < 1.29 is 28.7 Å². The van der Waals surface area contributed by atoms with Gasteiger partial charge in [-0.2, -0.15) is 0 Å². The smallest absolute Gasteiger partial charge is 0.407 e. The highest BCUT2D eigenvalue weighted by Crippen LogP contribution is 2.08. The van der Waals surface area contributed by atoms with E-state index in [4.69, 9.17) is 9.47 Å². The van der Waals surface area contributed by atoms with Crippen LogP contribution in [0, 0.1) is 0 Å². The molecule has 8 nitrogen and oxygen atoms in total. The van der Waals surface area contributed by atoms with Crippen molar-refractivity contribution in [2.24, 2.45) is 0 Å². The third kappa shape index (κ3) is 5.68. The van der Waals surface area contributed by atoms with Crippen LogP contribution in [0.25, 0.3) is 0 Å². The second kappa shape index (κ2) is 6.36. The van der Waals surface area contributed by atoms with E-state index in [9.17, 15) is 19.2 Å². The van der Waals surface area contributed by atoms with Crippen LogP contribution in [0.2, 0.25) is 0 Å². The van der Waals surface area contributed by atoms with Crippen LogP contribution >= 0.6 is 0 Å². The number of carbonyl (C=O) groups excluding carboxylic acids is 4. The quantitative estimate of drug-likeness (QED) is 0.549. The highest BCUT2D eigenvalue weighted by Gasteiger charge is 2.33. The van der Waals surface area contributed by atoms with Gasteiger partial charge in [-0.3, -0.25) is 19.7 Å². The van der Waals surface area contributed by atoms with Crippen LogP contribution in [0.5, 0.6) is 0 Å². The summed E-state index contributed by atoms with van der Waals surface area (Å²) < 4.78 is 9.79. The zero-order valence-corrected chi connectivity index (χ0v) is 11.6. The van der Waals surface area contributed by atoms with Crippen molar-refractivity contribution in [1.82, 2.24) is 10.6 Å². The SMILES string of the molecule is CC(C)(C)OC(=O)NCCC(=O)OC1CC(=O)NC1=O. The van der Waals surface area contributed by atoms with Crippen molar-refractivity contribution in [1.29, 1.82) is 0 Å². The lowest BCUT2D eigenvalue weighted by Crippen LogP contribution is -2.34. The second-order valence-electron chi connectivity index (χ2n) is 5.27. The number of rotatable bonds is 4. The fraction of sp³-hybridized carbons (Fsp3) is 0.667. The number of carbonyl (C=O) groups is 4. The van der Waals surface area contributed by atoms with Gasteiger partial charge in [0.05, 0.1) is 12.8 Å². The Labute approximate surface area is 116 Å². The molecule has 2 N–H and O–H groups in total. The minimum absolute atomic E-state index is 0.0238. The minimum Gasteiger partial charge on any atom is -0.452 e. The lowest BCUT2D eigenvalue weighted by molar-refractivity contribution is -0.153. The number of hydrogen-bond donors (Lipinski definition) is 2. The van der Waals surface area contributed by atoms with Crippen molar-refractivity contribution in [3.8, 4) is 0 Å². The first-order chi connectivity index (χ1) is 9.17. The molecular formula is C12H18N2O6. The summed E-state index contributed by atoms with van der Waals surface area (Å²) in [6.07, 6.45) is -1.99. The third-order valence-electron chi connectivity index (χ3n) is 2.20. The van der Waals surface area contributed by atoms with Crippen molar-refractivity contribution >= 4 is 23.9 Å². The largest absolute Gasteiger partial charge is 0.452 e. The topological polar surface area (TPSA) is 111 Å². The number of hydrogen-bond acceptors (Lipinski definition) is 6. The van der Waals surface area contributed by atoms with E-state index in [1.165, 1.54) is 0 Å². The van der Waals surface area contributed by atoms with Crippen LogP contribution < -0.4 is 10.6 Å². The summed E-state index contributed by atoms with van der Waals surface area (Å²) in [5.41, 5.74) is -0.618. The van der Waals surface area contributed by atoms with Crippen LogP contribution in [-0.2, 0) is 23.9 Å². The molecule has 0 bridgehead atoms. The van der Waals surface area contributed by atoms with Crippen molar-refractivity contribution in [2.75, 3.05) is 6.54 Å². The third-order valence-corrected chi connectivity index (χ3v) is 2.20. The average molecular weight is 286 g/mol. The van der Waals surface area contributed by atoms with Gasteiger partial charge in [0.25, 0.3) is 5.91 Å². The van der Waals surface area contributed by atoms with E-state index in [1.807, 2.05) is 5.32 Å². The molecule has 1 fully saturated rings. The maximum Gasteiger partial charge on any atom is 0.407 e. The Morgan fingerprint density at radius 2 is 2.00 bits per heavy atom. The summed E-state index contributed by atoms with van der Waals surface area (Å²) in [7, 11) is 0. The fourth-order valence-corrected chi connectivity index (χ4v) is 1.42. The van der Waals surface area contributed by atoms with Gasteiger partial charge in [0.1, 0.15) is 5.60 Å². The van der Waals surface area contributed by atoms with Gasteiger partial charge in [0, 0.05) is 6.54 Å². The maximum absolute atomic E-state index is 11.4. The van der Waals surface area contributed by atoms with E-state index in [-0.39, 0.29) is 19.4 Å². The minimum atomic E-state index is -1.07. The Kier molecular flexibility index (Phi) is 5.06. The van der Waals surface area contributed by atoms with Gasteiger partial charge in [-0.1, -0.05) is 0 Å². The zero-order chi connectivity index (χ0) is 15.3. The average Bonchev–Trinajstić information content (AvgIpc) is 2.54. The first-order valence-corrected chi connectivity index (χ1v) is 6.17. The number of ether oxygens (including phenoxy) is 2. The molecule has 112 valence electrons. The summed E-state index contributed by atoms with van der Waals surface area (Å²) in [5.74, 6) is -1.76. The van der Waals surface area contributed by atoms with E-state index in [1.54, 1.807) is 20.8 Å². The molecule has 1 unspecified atom stereocenters. The number of imide groups is 1. The monoisotopic (exact) mass is 286 g/mol. The molecule has 0 saturated carbocycles. The van der Waals surface area contributed by atoms with Crippen molar-refractivity contribution in [3.05, 3.63) is 0 Å². The first-order valence-electron chi connectivity index (χ1n) is 6.17. The van der Waals surface area contributed by atoms with Gasteiger partial charge in [-0.25, -0.2) is 4.79 Å². The molecule has 1 atom stereocenters. The van der Waals surface area contributed by atoms with Crippen LogP contribution in [0.3, 0.4) is 0 Å². The van der Waals surface area contributed by atoms with Gasteiger partial charge < -0.3 is 14.8 Å². The molecular weight excluding hydrogens is 268 g/mol. The Bertz CT molecular complexity index is 426. The standard InChI is InChI=1S/C12H18N2O6/c1-12(2,3)20-11(18)13-5-4-9(16)19-7-6-8(15)14-10(7)17/h7H,4-6H2,1-3H3,(H,13,18)(H,14,15,17). The lowest BCUT2D eigenvalue weighted by Gasteiger charge is -2.19. The van der Waals surface area contributed by atoms with E-state index in [0.29, 0.717) is 0 Å². The first kappa shape index (κ1) is 15.9. The molecule has 0 aromatic rings.